The predicted molar refractivity (Wildman–Crippen MR) is 75.9 cm³/mol. The number of unbranched alkanes of at least 4 members (excludes halogenated alkanes) is 3. The average Bonchev–Trinajstić information content (AvgIpc) is 2.32. The Hall–Kier alpha value is -0.640. The molecule has 1 aromatic rings. The maximum atomic E-state index is 13.5. The topological polar surface area (TPSA) is 12.0 Å². The Labute approximate surface area is 116 Å². The van der Waals surface area contributed by atoms with E-state index in [4.69, 9.17) is 0 Å². The van der Waals surface area contributed by atoms with Gasteiger partial charge >= 0.3 is 0 Å². The molecule has 0 spiro atoms. The van der Waals surface area contributed by atoms with Crippen LogP contribution < -0.4 is 5.32 Å². The van der Waals surface area contributed by atoms with E-state index < -0.39 is 11.6 Å². The van der Waals surface area contributed by atoms with Crippen LogP contribution in [0.2, 0.25) is 0 Å². The Balaban J connectivity index is 2.48. The number of hydrogen-bond acceptors (Lipinski definition) is 1. The smallest absolute Gasteiger partial charge is 0.149 e. The van der Waals surface area contributed by atoms with Gasteiger partial charge < -0.3 is 5.32 Å². The third-order valence-corrected chi connectivity index (χ3v) is 3.51. The van der Waals surface area contributed by atoms with Gasteiger partial charge in [-0.15, -0.1) is 0 Å². The molecule has 0 fully saturated rings. The molecule has 1 rings (SSSR count). The maximum Gasteiger partial charge on any atom is 0.149 e. The van der Waals surface area contributed by atoms with E-state index in [0.29, 0.717) is 5.69 Å². The lowest BCUT2D eigenvalue weighted by Crippen LogP contribution is -2.16. The summed E-state index contributed by atoms with van der Waals surface area (Å²) in [5, 5.41) is 3.08. The molecule has 0 aliphatic heterocycles. The van der Waals surface area contributed by atoms with E-state index in [0.717, 1.165) is 18.9 Å². The standard InChI is InChI=1S/C14H20BrF2N/c1-3-4-5-6-7-10(2)18-14-8-11(15)12(16)9-13(14)17/h8-10,18H,3-7H2,1-2H3. The molecule has 1 atom stereocenters. The molecule has 0 aromatic heterocycles. The van der Waals surface area contributed by atoms with Crippen molar-refractivity contribution >= 4 is 21.6 Å². The second-order valence-electron chi connectivity index (χ2n) is 4.64. The lowest BCUT2D eigenvalue weighted by Gasteiger charge is -2.16. The molecule has 0 heterocycles. The normalized spacial score (nSPS) is 12.5. The van der Waals surface area contributed by atoms with E-state index in [9.17, 15) is 8.78 Å². The highest BCUT2D eigenvalue weighted by atomic mass is 79.9. The monoisotopic (exact) mass is 319 g/mol. The molecule has 1 aromatic carbocycles. The Kier molecular flexibility index (Phi) is 6.61. The Morgan fingerprint density at radius 3 is 2.56 bits per heavy atom. The van der Waals surface area contributed by atoms with Crippen molar-refractivity contribution in [1.29, 1.82) is 0 Å². The number of nitrogens with one attached hydrogen (secondary N) is 1. The van der Waals surface area contributed by atoms with Gasteiger partial charge in [0.2, 0.25) is 0 Å². The number of benzene rings is 1. The van der Waals surface area contributed by atoms with E-state index in [-0.39, 0.29) is 10.5 Å². The number of rotatable bonds is 7. The van der Waals surface area contributed by atoms with E-state index >= 15 is 0 Å². The van der Waals surface area contributed by atoms with Crippen molar-refractivity contribution in [3.8, 4) is 0 Å². The van der Waals surface area contributed by atoms with Gasteiger partial charge in [-0.25, -0.2) is 8.78 Å². The molecule has 0 saturated carbocycles. The van der Waals surface area contributed by atoms with Crippen LogP contribution in [0.4, 0.5) is 14.5 Å². The van der Waals surface area contributed by atoms with Crippen LogP contribution in [0.1, 0.15) is 46.0 Å². The minimum absolute atomic E-state index is 0.189. The molecule has 0 saturated heterocycles. The summed E-state index contributed by atoms with van der Waals surface area (Å²) < 4.78 is 26.9. The van der Waals surface area contributed by atoms with Gasteiger partial charge in [0, 0.05) is 12.1 Å². The summed E-state index contributed by atoms with van der Waals surface area (Å²) >= 11 is 3.06. The fourth-order valence-corrected chi connectivity index (χ4v) is 2.19. The zero-order valence-electron chi connectivity index (χ0n) is 10.9. The molecule has 0 amide bonds. The second-order valence-corrected chi connectivity index (χ2v) is 5.50. The van der Waals surface area contributed by atoms with E-state index in [1.54, 1.807) is 0 Å². The quantitative estimate of drug-likeness (QED) is 0.517. The van der Waals surface area contributed by atoms with Crippen molar-refractivity contribution in [3.05, 3.63) is 28.2 Å². The SMILES string of the molecule is CCCCCCC(C)Nc1cc(Br)c(F)cc1F. The maximum absolute atomic E-state index is 13.5. The van der Waals surface area contributed by atoms with Gasteiger partial charge in [-0.2, -0.15) is 0 Å². The van der Waals surface area contributed by atoms with Gasteiger partial charge in [-0.3, -0.25) is 0 Å². The summed E-state index contributed by atoms with van der Waals surface area (Å²) in [4.78, 5) is 0. The molecule has 1 N–H and O–H groups in total. The zero-order chi connectivity index (χ0) is 13.5. The van der Waals surface area contributed by atoms with Crippen molar-refractivity contribution in [3.63, 3.8) is 0 Å². The fraction of sp³-hybridized carbons (Fsp3) is 0.571. The first-order chi connectivity index (χ1) is 8.54. The second kappa shape index (κ2) is 7.72. The van der Waals surface area contributed by atoms with Crippen molar-refractivity contribution in [2.24, 2.45) is 0 Å². The molecule has 102 valence electrons. The van der Waals surface area contributed by atoms with Crippen molar-refractivity contribution in [2.75, 3.05) is 5.32 Å². The Bertz CT molecular complexity index is 382. The molecule has 0 bridgehead atoms. The summed E-state index contributed by atoms with van der Waals surface area (Å²) in [6.45, 7) is 4.19. The molecule has 18 heavy (non-hydrogen) atoms. The lowest BCUT2D eigenvalue weighted by molar-refractivity contribution is 0.570. The highest BCUT2D eigenvalue weighted by molar-refractivity contribution is 9.10. The number of hydrogen-bond donors (Lipinski definition) is 1. The summed E-state index contributed by atoms with van der Waals surface area (Å²) in [6.07, 6.45) is 5.78. The van der Waals surface area contributed by atoms with E-state index in [2.05, 4.69) is 28.2 Å². The molecule has 4 heteroatoms. The van der Waals surface area contributed by atoms with Crippen LogP contribution in [-0.4, -0.2) is 6.04 Å². The van der Waals surface area contributed by atoms with Crippen molar-refractivity contribution in [2.45, 2.75) is 52.0 Å². The average molecular weight is 320 g/mol. The van der Waals surface area contributed by atoms with Crippen LogP contribution in [0.25, 0.3) is 0 Å². The van der Waals surface area contributed by atoms with Crippen LogP contribution in [0.5, 0.6) is 0 Å². The van der Waals surface area contributed by atoms with Gasteiger partial charge in [0.15, 0.2) is 0 Å². The Morgan fingerprint density at radius 1 is 1.17 bits per heavy atom. The van der Waals surface area contributed by atoms with Gasteiger partial charge in [0.25, 0.3) is 0 Å². The van der Waals surface area contributed by atoms with Gasteiger partial charge in [-0.05, 0) is 35.3 Å². The van der Waals surface area contributed by atoms with E-state index in [1.807, 2.05) is 6.92 Å². The molecular weight excluding hydrogens is 300 g/mol. The fourth-order valence-electron chi connectivity index (χ4n) is 1.85. The van der Waals surface area contributed by atoms with Crippen LogP contribution in [0.3, 0.4) is 0 Å². The predicted octanol–water partition coefficient (Wildman–Crippen LogP) is 5.50. The highest BCUT2D eigenvalue weighted by Gasteiger charge is 2.10. The van der Waals surface area contributed by atoms with Crippen molar-refractivity contribution < 1.29 is 8.78 Å². The van der Waals surface area contributed by atoms with E-state index in [1.165, 1.54) is 25.3 Å². The molecule has 0 aliphatic carbocycles. The van der Waals surface area contributed by atoms with Crippen molar-refractivity contribution in [1.82, 2.24) is 0 Å². The van der Waals surface area contributed by atoms with Crippen LogP contribution in [0, 0.1) is 11.6 Å². The molecule has 1 unspecified atom stereocenters. The van der Waals surface area contributed by atoms with Gasteiger partial charge in [-0.1, -0.05) is 32.6 Å². The Morgan fingerprint density at radius 2 is 1.89 bits per heavy atom. The first kappa shape index (κ1) is 15.4. The lowest BCUT2D eigenvalue weighted by atomic mass is 10.1. The van der Waals surface area contributed by atoms with Crippen LogP contribution in [0.15, 0.2) is 16.6 Å². The molecule has 0 radical (unpaired) electrons. The third-order valence-electron chi connectivity index (χ3n) is 2.90. The zero-order valence-corrected chi connectivity index (χ0v) is 12.5. The molecule has 0 aliphatic rings. The van der Waals surface area contributed by atoms with Crippen LogP contribution in [-0.2, 0) is 0 Å². The largest absolute Gasteiger partial charge is 0.380 e. The minimum Gasteiger partial charge on any atom is -0.380 e. The summed E-state index contributed by atoms with van der Waals surface area (Å²) in [7, 11) is 0. The molecular formula is C14H20BrF2N. The number of anilines is 1. The third kappa shape index (κ3) is 4.92. The number of halogens is 3. The van der Waals surface area contributed by atoms with Gasteiger partial charge in [0.05, 0.1) is 10.2 Å². The highest BCUT2D eigenvalue weighted by Crippen LogP contribution is 2.24. The summed E-state index contributed by atoms with van der Waals surface area (Å²) in [5.74, 6) is -1.12. The van der Waals surface area contributed by atoms with Gasteiger partial charge in [0.1, 0.15) is 11.6 Å². The first-order valence-electron chi connectivity index (χ1n) is 6.45. The summed E-state index contributed by atoms with van der Waals surface area (Å²) in [6, 6.07) is 2.54. The molecule has 1 nitrogen and oxygen atoms in total. The van der Waals surface area contributed by atoms with Crippen LogP contribution >= 0.6 is 15.9 Å². The minimum atomic E-state index is -0.575. The first-order valence-corrected chi connectivity index (χ1v) is 7.25. The summed E-state index contributed by atoms with van der Waals surface area (Å²) in [5.41, 5.74) is 0.353.